The second-order valence-electron chi connectivity index (χ2n) is 20.7. The van der Waals surface area contributed by atoms with Crippen molar-refractivity contribution in [3.8, 4) is 16.9 Å². The molecule has 0 saturated heterocycles. The van der Waals surface area contributed by atoms with E-state index in [2.05, 4.69) is 211 Å². The molecule has 10 rings (SSSR count). The number of ether oxygens (including phenoxy) is 1. The highest BCUT2D eigenvalue weighted by Crippen LogP contribution is 2.63. The van der Waals surface area contributed by atoms with Crippen LogP contribution >= 0.6 is 11.8 Å². The molecule has 0 amide bonds. The molecule has 0 radical (unpaired) electrons. The molecule has 2 aliphatic carbocycles. The summed E-state index contributed by atoms with van der Waals surface area (Å²) >= 11 is 1.98. The van der Waals surface area contributed by atoms with Crippen LogP contribution in [-0.2, 0) is 21.0 Å². The number of hydrogen-bond acceptors (Lipinski definition) is 4. The highest BCUT2D eigenvalue weighted by atomic mass is 32.2. The second-order valence-corrected chi connectivity index (χ2v) is 21.8. The molecule has 2 aliphatic heterocycles. The van der Waals surface area contributed by atoms with Gasteiger partial charge in [-0.05, 0) is 149 Å². The van der Waals surface area contributed by atoms with Crippen molar-refractivity contribution in [3.05, 3.63) is 178 Å². The number of hydrogen-bond donors (Lipinski definition) is 0. The molecule has 6 aromatic rings. The highest BCUT2D eigenvalue weighted by molar-refractivity contribution is 8.03. The number of allylic oxidation sites excluding steroid dienone is 1. The van der Waals surface area contributed by atoms with Gasteiger partial charge in [0.2, 0.25) is 0 Å². The third kappa shape index (κ3) is 6.46. The van der Waals surface area contributed by atoms with Crippen LogP contribution in [-0.4, -0.2) is 5.60 Å². The van der Waals surface area contributed by atoms with Crippen LogP contribution in [0.4, 0.5) is 28.4 Å². The van der Waals surface area contributed by atoms with Crippen LogP contribution in [0.5, 0.6) is 5.75 Å². The summed E-state index contributed by atoms with van der Waals surface area (Å²) in [6, 6.07) is 50.8. The summed E-state index contributed by atoms with van der Waals surface area (Å²) in [5.41, 5.74) is 17.7. The quantitative estimate of drug-likeness (QED) is 0.166. The SMILES string of the molecule is Cc1cc(N(C2=CSC3(C2)c2ccccc2-c2ccccc23)c2ccc(C(C)(C)C)cc2)cc(N(c2ccc(C(C)(C)C)cc2)c2ccc3c(c2)C2(C)CCCCC2(C)O3)c1. The summed E-state index contributed by atoms with van der Waals surface area (Å²) in [7, 11) is 0. The fraction of sp³-hybridized carbons (Fsp3) is 0.333. The molecule has 4 aliphatic rings. The maximum atomic E-state index is 6.86. The lowest BCUT2D eigenvalue weighted by molar-refractivity contribution is 0.00740. The minimum Gasteiger partial charge on any atom is -0.486 e. The Morgan fingerprint density at radius 3 is 1.66 bits per heavy atom. The van der Waals surface area contributed by atoms with Crippen molar-refractivity contribution in [1.29, 1.82) is 0 Å². The van der Waals surface area contributed by atoms with Gasteiger partial charge in [-0.25, -0.2) is 0 Å². The molecule has 1 fully saturated rings. The van der Waals surface area contributed by atoms with E-state index in [1.165, 1.54) is 68.7 Å². The van der Waals surface area contributed by atoms with Crippen molar-refractivity contribution in [1.82, 2.24) is 0 Å². The van der Waals surface area contributed by atoms with Crippen LogP contribution in [0.1, 0.15) is 121 Å². The van der Waals surface area contributed by atoms with Crippen molar-refractivity contribution >= 4 is 40.2 Å². The Balaban J connectivity index is 1.13. The van der Waals surface area contributed by atoms with E-state index in [0.29, 0.717) is 0 Å². The molecule has 2 heterocycles. The van der Waals surface area contributed by atoms with Crippen LogP contribution in [0.15, 0.2) is 145 Å². The molecule has 3 nitrogen and oxygen atoms in total. The van der Waals surface area contributed by atoms with Gasteiger partial charge in [0.1, 0.15) is 11.4 Å². The lowest BCUT2D eigenvalue weighted by Crippen LogP contribution is -2.49. The van der Waals surface area contributed by atoms with Gasteiger partial charge in [-0.3, -0.25) is 0 Å². The molecule has 0 aromatic heterocycles. The molecule has 2 unspecified atom stereocenters. The summed E-state index contributed by atoms with van der Waals surface area (Å²) in [6.07, 6.45) is 5.57. The largest absolute Gasteiger partial charge is 0.486 e. The van der Waals surface area contributed by atoms with Crippen molar-refractivity contribution in [2.75, 3.05) is 9.80 Å². The molecule has 1 spiro atoms. The van der Waals surface area contributed by atoms with E-state index >= 15 is 0 Å². The Labute approximate surface area is 368 Å². The number of nitrogens with zero attached hydrogens (tertiary/aromatic N) is 2. The molecule has 2 atom stereocenters. The lowest BCUT2D eigenvalue weighted by atomic mass is 9.63. The molecule has 1 saturated carbocycles. The van der Waals surface area contributed by atoms with E-state index in [1.54, 1.807) is 0 Å². The monoisotopic (exact) mass is 820 g/mol. The van der Waals surface area contributed by atoms with Gasteiger partial charge in [0.25, 0.3) is 0 Å². The number of thioether (sulfide) groups is 1. The van der Waals surface area contributed by atoms with Gasteiger partial charge >= 0.3 is 0 Å². The number of fused-ring (bicyclic) bond motifs is 8. The molecule has 6 aromatic carbocycles. The average molecular weight is 821 g/mol. The Morgan fingerprint density at radius 1 is 0.541 bits per heavy atom. The van der Waals surface area contributed by atoms with Gasteiger partial charge < -0.3 is 14.5 Å². The van der Waals surface area contributed by atoms with Crippen molar-refractivity contribution in [2.45, 2.75) is 121 Å². The molecular weight excluding hydrogens is 761 g/mol. The number of anilines is 5. The third-order valence-electron chi connectivity index (χ3n) is 14.6. The number of rotatable bonds is 6. The Bertz CT molecular complexity index is 2650. The van der Waals surface area contributed by atoms with Gasteiger partial charge in [0, 0.05) is 51.5 Å². The number of benzene rings is 6. The molecule has 4 heteroatoms. The zero-order chi connectivity index (χ0) is 42.5. The van der Waals surface area contributed by atoms with Crippen LogP contribution in [0.3, 0.4) is 0 Å². The first-order valence-electron chi connectivity index (χ1n) is 22.4. The fourth-order valence-corrected chi connectivity index (χ4v) is 12.2. The topological polar surface area (TPSA) is 15.7 Å². The zero-order valence-corrected chi connectivity index (χ0v) is 38.3. The molecular formula is C57H60N2OS. The predicted molar refractivity (Wildman–Crippen MR) is 260 cm³/mol. The van der Waals surface area contributed by atoms with Gasteiger partial charge in [0.05, 0.1) is 4.75 Å². The fourth-order valence-electron chi connectivity index (χ4n) is 10.9. The van der Waals surface area contributed by atoms with E-state index < -0.39 is 0 Å². The van der Waals surface area contributed by atoms with Crippen molar-refractivity contribution in [2.24, 2.45) is 0 Å². The van der Waals surface area contributed by atoms with Gasteiger partial charge in [-0.1, -0.05) is 128 Å². The lowest BCUT2D eigenvalue weighted by Gasteiger charge is -2.43. The second kappa shape index (κ2) is 14.2. The average Bonchev–Trinajstić information content (AvgIpc) is 3.86. The third-order valence-corrected chi connectivity index (χ3v) is 15.9. The van der Waals surface area contributed by atoms with Gasteiger partial charge in [-0.15, -0.1) is 11.8 Å². The first-order chi connectivity index (χ1) is 29.1. The van der Waals surface area contributed by atoms with Crippen LogP contribution < -0.4 is 14.5 Å². The maximum absolute atomic E-state index is 6.86. The van der Waals surface area contributed by atoms with Gasteiger partial charge in [0.15, 0.2) is 0 Å². The van der Waals surface area contributed by atoms with Crippen LogP contribution in [0.2, 0.25) is 0 Å². The first-order valence-corrected chi connectivity index (χ1v) is 23.3. The normalized spacial score (nSPS) is 21.0. The minimum atomic E-state index is -0.185. The van der Waals surface area contributed by atoms with E-state index in [4.69, 9.17) is 4.74 Å². The smallest absolute Gasteiger partial charge is 0.124 e. The summed E-state index contributed by atoms with van der Waals surface area (Å²) in [5.74, 6) is 1.04. The molecule has 61 heavy (non-hydrogen) atoms. The standard InChI is InChI=1S/C57H60N2OS/c1-38-32-44(58(41-24-20-39(21-25-41)53(2,3)4)43-28-29-52-51(35-43)55(8)30-14-15-31-56(55,9)60-52)34-45(33-38)59(42-26-22-40(23-27-42)54(5,6)7)46-36-57(61-37-46)49-18-12-10-16-47(49)48-17-11-13-19-50(48)57/h10-13,16-29,32-35,37H,14-15,30-31,36H2,1-9H3. The minimum absolute atomic E-state index is 0.0355. The highest BCUT2D eigenvalue weighted by Gasteiger charge is 2.55. The number of aryl methyl sites for hydroxylation is 1. The Kier molecular flexibility index (Phi) is 9.28. The van der Waals surface area contributed by atoms with E-state index in [1.807, 2.05) is 11.8 Å². The summed E-state index contributed by atoms with van der Waals surface area (Å²) < 4.78 is 6.67. The zero-order valence-electron chi connectivity index (χ0n) is 37.5. The predicted octanol–water partition coefficient (Wildman–Crippen LogP) is 16.1. The molecule has 310 valence electrons. The van der Waals surface area contributed by atoms with Crippen molar-refractivity contribution < 1.29 is 4.74 Å². The van der Waals surface area contributed by atoms with E-state index in [0.717, 1.165) is 47.8 Å². The van der Waals surface area contributed by atoms with E-state index in [-0.39, 0.29) is 26.6 Å². The Hall–Kier alpha value is -5.19. The molecule has 0 N–H and O–H groups in total. The summed E-state index contributed by atoms with van der Waals surface area (Å²) in [6.45, 7) is 20.8. The van der Waals surface area contributed by atoms with Crippen LogP contribution in [0.25, 0.3) is 11.1 Å². The van der Waals surface area contributed by atoms with Crippen LogP contribution in [0, 0.1) is 6.92 Å². The van der Waals surface area contributed by atoms with Gasteiger partial charge in [-0.2, -0.15) is 0 Å². The Morgan fingerprint density at radius 2 is 1.07 bits per heavy atom. The van der Waals surface area contributed by atoms with Crippen molar-refractivity contribution in [3.63, 3.8) is 0 Å². The summed E-state index contributed by atoms with van der Waals surface area (Å²) in [5, 5.41) is 2.45. The summed E-state index contributed by atoms with van der Waals surface area (Å²) in [4.78, 5) is 5.02. The van der Waals surface area contributed by atoms with E-state index in [9.17, 15) is 0 Å². The molecule has 0 bridgehead atoms. The maximum Gasteiger partial charge on any atom is 0.124 e. The first kappa shape index (κ1) is 39.9.